The van der Waals surface area contributed by atoms with Crippen LogP contribution in [0.25, 0.3) is 0 Å². The van der Waals surface area contributed by atoms with Gasteiger partial charge in [0.25, 0.3) is 5.91 Å². The molecule has 1 saturated carbocycles. The Morgan fingerprint density at radius 3 is 2.56 bits per heavy atom. The van der Waals surface area contributed by atoms with Crippen molar-refractivity contribution in [3.05, 3.63) is 23.8 Å². The van der Waals surface area contributed by atoms with Gasteiger partial charge < -0.3 is 14.8 Å². The van der Waals surface area contributed by atoms with E-state index < -0.39 is 5.60 Å². The molecular weight excluding hydrogens is 314 g/mol. The lowest BCUT2D eigenvalue weighted by atomic mass is 9.83. The Labute approximate surface area is 152 Å². The topological polar surface area (TPSA) is 47.6 Å². The van der Waals surface area contributed by atoms with Gasteiger partial charge in [-0.2, -0.15) is 0 Å². The molecule has 0 atom stereocenters. The van der Waals surface area contributed by atoms with E-state index >= 15 is 0 Å². The van der Waals surface area contributed by atoms with E-state index in [2.05, 4.69) is 26.1 Å². The van der Waals surface area contributed by atoms with Gasteiger partial charge in [-0.3, -0.25) is 4.79 Å². The van der Waals surface area contributed by atoms with E-state index in [0.717, 1.165) is 49.1 Å². The van der Waals surface area contributed by atoms with Gasteiger partial charge in [0, 0.05) is 12.3 Å². The van der Waals surface area contributed by atoms with Gasteiger partial charge in [0.2, 0.25) is 0 Å². The van der Waals surface area contributed by atoms with E-state index in [1.165, 1.54) is 6.42 Å². The molecule has 4 nitrogen and oxygen atoms in total. The molecule has 0 heterocycles. The summed E-state index contributed by atoms with van der Waals surface area (Å²) in [5.41, 5.74) is 1.18. The lowest BCUT2D eigenvalue weighted by Crippen LogP contribution is -2.47. The number of carbonyl (C=O) groups excluding carboxylic acids is 1. The summed E-state index contributed by atoms with van der Waals surface area (Å²) in [5, 5.41) is 3.07. The normalized spacial score (nSPS) is 16.7. The van der Waals surface area contributed by atoms with Crippen LogP contribution in [0.15, 0.2) is 18.2 Å². The number of anilines is 1. The zero-order chi connectivity index (χ0) is 18.3. The Balaban J connectivity index is 2.06. The minimum Gasteiger partial charge on any atom is -0.493 e. The molecule has 0 spiro atoms. The molecule has 0 saturated heterocycles. The van der Waals surface area contributed by atoms with E-state index in [1.807, 2.05) is 25.1 Å². The van der Waals surface area contributed by atoms with Crippen LogP contribution in [-0.4, -0.2) is 24.7 Å². The van der Waals surface area contributed by atoms with Crippen LogP contribution in [-0.2, 0) is 9.53 Å². The maximum Gasteiger partial charge on any atom is 0.256 e. The van der Waals surface area contributed by atoms with E-state index in [1.54, 1.807) is 0 Å². The number of aryl methyl sites for hydroxylation is 1. The zero-order valence-electron chi connectivity index (χ0n) is 16.2. The third-order valence-corrected chi connectivity index (χ3v) is 4.66. The Morgan fingerprint density at radius 1 is 1.24 bits per heavy atom. The molecule has 1 aliphatic carbocycles. The van der Waals surface area contributed by atoms with Crippen LogP contribution in [0, 0.1) is 12.8 Å². The maximum absolute atomic E-state index is 12.9. The Kier molecular flexibility index (Phi) is 7.30. The average molecular weight is 347 g/mol. The monoisotopic (exact) mass is 347 g/mol. The number of hydrogen-bond acceptors (Lipinski definition) is 3. The highest BCUT2D eigenvalue weighted by Crippen LogP contribution is 2.33. The number of hydrogen-bond donors (Lipinski definition) is 1. The van der Waals surface area contributed by atoms with E-state index in [9.17, 15) is 4.79 Å². The van der Waals surface area contributed by atoms with E-state index in [4.69, 9.17) is 9.47 Å². The molecule has 2 rings (SSSR count). The van der Waals surface area contributed by atoms with Gasteiger partial charge in [-0.1, -0.05) is 40.0 Å². The van der Waals surface area contributed by atoms with Crippen LogP contribution in [0.3, 0.4) is 0 Å². The highest BCUT2D eigenvalue weighted by molar-refractivity contribution is 5.97. The molecule has 1 aliphatic rings. The lowest BCUT2D eigenvalue weighted by Gasteiger charge is -2.35. The van der Waals surface area contributed by atoms with Crippen LogP contribution in [0.2, 0.25) is 0 Å². The summed E-state index contributed by atoms with van der Waals surface area (Å²) >= 11 is 0. The quantitative estimate of drug-likeness (QED) is 0.712. The van der Waals surface area contributed by atoms with E-state index in [0.29, 0.717) is 19.1 Å². The first-order valence-corrected chi connectivity index (χ1v) is 9.65. The molecule has 0 unspecified atom stereocenters. The van der Waals surface area contributed by atoms with Crippen molar-refractivity contribution in [2.45, 2.75) is 71.8 Å². The SMILES string of the molecule is CCCOC1(C(=O)Nc2ccc(OCC(C)C)c(C)c2)CCCCC1. The van der Waals surface area contributed by atoms with Crippen molar-refractivity contribution in [2.75, 3.05) is 18.5 Å². The number of carbonyl (C=O) groups is 1. The van der Waals surface area contributed by atoms with Crippen LogP contribution in [0.4, 0.5) is 5.69 Å². The van der Waals surface area contributed by atoms with Gasteiger partial charge in [0.1, 0.15) is 11.4 Å². The van der Waals surface area contributed by atoms with Gasteiger partial charge in [-0.15, -0.1) is 0 Å². The molecule has 25 heavy (non-hydrogen) atoms. The van der Waals surface area contributed by atoms with Crippen LogP contribution in [0.1, 0.15) is 64.9 Å². The number of amides is 1. The number of ether oxygens (including phenoxy) is 2. The molecule has 140 valence electrons. The molecule has 0 radical (unpaired) electrons. The van der Waals surface area contributed by atoms with Crippen molar-refractivity contribution in [3.63, 3.8) is 0 Å². The largest absolute Gasteiger partial charge is 0.493 e. The van der Waals surface area contributed by atoms with Crippen LogP contribution < -0.4 is 10.1 Å². The average Bonchev–Trinajstić information content (AvgIpc) is 2.60. The first-order valence-electron chi connectivity index (χ1n) is 9.65. The van der Waals surface area contributed by atoms with Gasteiger partial charge in [-0.05, 0) is 55.9 Å². The third kappa shape index (κ3) is 5.46. The summed E-state index contributed by atoms with van der Waals surface area (Å²) in [6.45, 7) is 9.67. The van der Waals surface area contributed by atoms with Crippen molar-refractivity contribution in [3.8, 4) is 5.75 Å². The smallest absolute Gasteiger partial charge is 0.256 e. The predicted molar refractivity (Wildman–Crippen MR) is 102 cm³/mol. The maximum atomic E-state index is 12.9. The van der Waals surface area contributed by atoms with Crippen LogP contribution in [0.5, 0.6) is 5.75 Å². The second-order valence-electron chi connectivity index (χ2n) is 7.54. The zero-order valence-corrected chi connectivity index (χ0v) is 16.2. The molecule has 1 aromatic carbocycles. The summed E-state index contributed by atoms with van der Waals surface area (Å²) in [4.78, 5) is 12.9. The Bertz CT molecular complexity index is 562. The summed E-state index contributed by atoms with van der Waals surface area (Å²) < 4.78 is 11.8. The molecule has 0 aliphatic heterocycles. The molecule has 4 heteroatoms. The van der Waals surface area contributed by atoms with Crippen molar-refractivity contribution < 1.29 is 14.3 Å². The first-order chi connectivity index (χ1) is 12.0. The van der Waals surface area contributed by atoms with Crippen molar-refractivity contribution in [1.82, 2.24) is 0 Å². The first kappa shape index (κ1) is 19.8. The molecule has 1 N–H and O–H groups in total. The van der Waals surface area contributed by atoms with Gasteiger partial charge in [-0.25, -0.2) is 0 Å². The highest BCUT2D eigenvalue weighted by atomic mass is 16.5. The molecule has 1 amide bonds. The van der Waals surface area contributed by atoms with Crippen molar-refractivity contribution >= 4 is 11.6 Å². The standard InChI is InChI=1S/C21H33NO3/c1-5-13-25-21(11-7-6-8-12-21)20(23)22-18-9-10-19(17(4)14-18)24-15-16(2)3/h9-10,14,16H,5-8,11-13,15H2,1-4H3,(H,22,23). The van der Waals surface area contributed by atoms with Crippen molar-refractivity contribution in [1.29, 1.82) is 0 Å². The minimum atomic E-state index is -0.658. The van der Waals surface area contributed by atoms with Gasteiger partial charge >= 0.3 is 0 Å². The third-order valence-electron chi connectivity index (χ3n) is 4.66. The van der Waals surface area contributed by atoms with Gasteiger partial charge in [0.15, 0.2) is 0 Å². The van der Waals surface area contributed by atoms with Crippen LogP contribution >= 0.6 is 0 Å². The molecule has 0 aromatic heterocycles. The lowest BCUT2D eigenvalue weighted by molar-refractivity contribution is -0.146. The molecule has 1 aromatic rings. The Morgan fingerprint density at radius 2 is 1.96 bits per heavy atom. The fourth-order valence-electron chi connectivity index (χ4n) is 3.25. The number of benzene rings is 1. The van der Waals surface area contributed by atoms with E-state index in [-0.39, 0.29) is 5.91 Å². The summed E-state index contributed by atoms with van der Waals surface area (Å²) in [6.07, 6.45) is 5.85. The number of rotatable bonds is 8. The Hall–Kier alpha value is -1.55. The minimum absolute atomic E-state index is 0.00380. The number of nitrogens with one attached hydrogen (secondary N) is 1. The molecule has 1 fully saturated rings. The molecular formula is C21H33NO3. The van der Waals surface area contributed by atoms with Gasteiger partial charge in [0.05, 0.1) is 6.61 Å². The summed E-state index contributed by atoms with van der Waals surface area (Å²) in [7, 11) is 0. The fourth-order valence-corrected chi connectivity index (χ4v) is 3.25. The summed E-state index contributed by atoms with van der Waals surface area (Å²) in [6, 6.07) is 5.83. The summed E-state index contributed by atoms with van der Waals surface area (Å²) in [5.74, 6) is 1.36. The fraction of sp³-hybridized carbons (Fsp3) is 0.667. The predicted octanol–water partition coefficient (Wildman–Crippen LogP) is 5.10. The molecule has 0 bridgehead atoms. The second-order valence-corrected chi connectivity index (χ2v) is 7.54. The second kappa shape index (κ2) is 9.23. The highest BCUT2D eigenvalue weighted by Gasteiger charge is 2.40. The van der Waals surface area contributed by atoms with Crippen molar-refractivity contribution in [2.24, 2.45) is 5.92 Å².